The third-order valence-electron chi connectivity index (χ3n) is 4.68. The molecule has 1 fully saturated rings. The summed E-state index contributed by atoms with van der Waals surface area (Å²) in [7, 11) is 1.90. The Balaban J connectivity index is 1.36. The van der Waals surface area contributed by atoms with Crippen molar-refractivity contribution in [1.82, 2.24) is 24.4 Å². The topological polar surface area (TPSA) is 91.9 Å². The van der Waals surface area contributed by atoms with Crippen LogP contribution in [-0.4, -0.2) is 56.8 Å². The molecule has 1 aromatic carbocycles. The number of likely N-dealkylation sites (N-methyl/N-ethyl adjacent to an activating group) is 1. The van der Waals surface area contributed by atoms with Crippen LogP contribution in [0.3, 0.4) is 0 Å². The lowest BCUT2D eigenvalue weighted by Gasteiger charge is -2.14. The zero-order chi connectivity index (χ0) is 20.2. The Hall–Kier alpha value is -3.35. The molecule has 29 heavy (non-hydrogen) atoms. The van der Waals surface area contributed by atoms with E-state index in [0.717, 1.165) is 11.3 Å². The molecular formula is C20H20FN7O. The Morgan fingerprint density at radius 1 is 1.17 bits per heavy atom. The average Bonchev–Trinajstić information content (AvgIpc) is 3.33. The van der Waals surface area contributed by atoms with Gasteiger partial charge in [-0.2, -0.15) is 5.26 Å². The van der Waals surface area contributed by atoms with Gasteiger partial charge in [-0.15, -0.1) is 0 Å². The molecule has 8 nitrogen and oxygen atoms in total. The minimum Gasteiger partial charge on any atom is -0.369 e. The van der Waals surface area contributed by atoms with E-state index < -0.39 is 6.17 Å². The maximum absolute atomic E-state index is 13.8. The minimum absolute atomic E-state index is 0.257. The number of hydrogen-bond donors (Lipinski definition) is 1. The highest BCUT2D eigenvalue weighted by Gasteiger charge is 2.31. The second-order valence-corrected chi connectivity index (χ2v) is 6.94. The van der Waals surface area contributed by atoms with Crippen LogP contribution >= 0.6 is 0 Å². The molecule has 9 heteroatoms. The fourth-order valence-electron chi connectivity index (χ4n) is 3.15. The lowest BCUT2D eigenvalue weighted by Crippen LogP contribution is -2.23. The summed E-state index contributed by atoms with van der Waals surface area (Å²) < 4.78 is 21.4. The summed E-state index contributed by atoms with van der Waals surface area (Å²) in [5.74, 6) is 1.11. The Morgan fingerprint density at radius 3 is 2.66 bits per heavy atom. The third-order valence-corrected chi connectivity index (χ3v) is 4.68. The summed E-state index contributed by atoms with van der Waals surface area (Å²) in [6.07, 6.45) is 5.09. The smallest absolute Gasteiger partial charge is 0.158 e. The first-order chi connectivity index (χ1) is 14.1. The van der Waals surface area contributed by atoms with Crippen molar-refractivity contribution in [3.05, 3.63) is 60.4 Å². The number of aromatic nitrogens is 4. The number of nitrogens with one attached hydrogen (secondary N) is 1. The fourth-order valence-corrected chi connectivity index (χ4v) is 3.15. The van der Waals surface area contributed by atoms with Crippen molar-refractivity contribution in [1.29, 1.82) is 5.26 Å². The number of nitriles is 1. The molecule has 2 atom stereocenters. The lowest BCUT2D eigenvalue weighted by molar-refractivity contribution is 0.0120. The largest absolute Gasteiger partial charge is 0.369 e. The van der Waals surface area contributed by atoms with Gasteiger partial charge < -0.3 is 19.5 Å². The van der Waals surface area contributed by atoms with Crippen molar-refractivity contribution >= 4 is 11.6 Å². The van der Waals surface area contributed by atoms with E-state index in [1.165, 1.54) is 12.4 Å². The maximum atomic E-state index is 13.8. The number of hydrogen-bond acceptors (Lipinski definition) is 7. The molecule has 148 valence electrons. The number of rotatable bonds is 6. The van der Waals surface area contributed by atoms with E-state index in [1.807, 2.05) is 53.0 Å². The van der Waals surface area contributed by atoms with Gasteiger partial charge in [0.15, 0.2) is 5.69 Å². The molecule has 3 aromatic rings. The highest BCUT2D eigenvalue weighted by Crippen LogP contribution is 2.19. The molecule has 0 aliphatic carbocycles. The molecule has 2 aromatic heterocycles. The van der Waals surface area contributed by atoms with Gasteiger partial charge in [-0.25, -0.2) is 19.3 Å². The maximum Gasteiger partial charge on any atom is 0.158 e. The molecule has 1 aliphatic heterocycles. The van der Waals surface area contributed by atoms with Crippen LogP contribution in [0, 0.1) is 11.3 Å². The van der Waals surface area contributed by atoms with Crippen LogP contribution in [0.5, 0.6) is 0 Å². The van der Waals surface area contributed by atoms with E-state index in [9.17, 15) is 4.39 Å². The molecule has 3 heterocycles. The van der Waals surface area contributed by atoms with E-state index >= 15 is 0 Å². The molecule has 0 radical (unpaired) electrons. The van der Waals surface area contributed by atoms with Gasteiger partial charge in [0.05, 0.1) is 25.2 Å². The molecule has 0 saturated carbocycles. The van der Waals surface area contributed by atoms with E-state index in [-0.39, 0.29) is 11.8 Å². The number of imidazole rings is 1. The van der Waals surface area contributed by atoms with Crippen LogP contribution in [0.1, 0.15) is 11.3 Å². The molecule has 1 aliphatic rings. The molecule has 1 saturated heterocycles. The van der Waals surface area contributed by atoms with E-state index in [2.05, 4.69) is 20.3 Å². The molecule has 0 bridgehead atoms. The number of nitrogens with zero attached hydrogens (tertiary/aromatic N) is 6. The number of alkyl halides is 1. The van der Waals surface area contributed by atoms with Crippen LogP contribution in [-0.2, 0) is 11.3 Å². The summed E-state index contributed by atoms with van der Waals surface area (Å²) in [5, 5.41) is 11.8. The van der Waals surface area contributed by atoms with Crippen molar-refractivity contribution in [2.24, 2.45) is 0 Å². The van der Waals surface area contributed by atoms with Crippen molar-refractivity contribution in [2.45, 2.75) is 18.9 Å². The van der Waals surface area contributed by atoms with Gasteiger partial charge in [-0.1, -0.05) is 12.1 Å². The Morgan fingerprint density at radius 2 is 2.00 bits per heavy atom. The quantitative estimate of drug-likeness (QED) is 0.688. The molecule has 0 unspecified atom stereocenters. The first-order valence-electron chi connectivity index (χ1n) is 9.17. The highest BCUT2D eigenvalue weighted by molar-refractivity contribution is 5.51. The summed E-state index contributed by atoms with van der Waals surface area (Å²) in [6, 6.07) is 9.76. The van der Waals surface area contributed by atoms with Gasteiger partial charge >= 0.3 is 0 Å². The Labute approximate surface area is 167 Å². The molecule has 4 rings (SSSR count). The van der Waals surface area contributed by atoms with E-state index in [1.54, 1.807) is 6.33 Å². The first-order valence-corrected chi connectivity index (χ1v) is 9.17. The highest BCUT2D eigenvalue weighted by atomic mass is 19.1. The molecule has 1 N–H and O–H groups in total. The van der Waals surface area contributed by atoms with Crippen molar-refractivity contribution in [3.8, 4) is 11.8 Å². The zero-order valence-electron chi connectivity index (χ0n) is 15.9. The van der Waals surface area contributed by atoms with Gasteiger partial charge in [0.25, 0.3) is 0 Å². The fraction of sp³-hybridized carbons (Fsp3) is 0.300. The number of ether oxygens (including phenoxy) is 1. The van der Waals surface area contributed by atoms with Gasteiger partial charge in [0.2, 0.25) is 0 Å². The SMILES string of the molecule is CN1C[C@H](OCc2ccc(-n3cnc(Nc4cnc(C#N)cn4)c3)cc2)[C@@H](F)C1. The number of halogens is 1. The molecule has 0 amide bonds. The summed E-state index contributed by atoms with van der Waals surface area (Å²) in [4.78, 5) is 14.3. The predicted molar refractivity (Wildman–Crippen MR) is 105 cm³/mol. The van der Waals surface area contributed by atoms with Crippen LogP contribution in [0.15, 0.2) is 49.2 Å². The summed E-state index contributed by atoms with van der Waals surface area (Å²) >= 11 is 0. The van der Waals surface area contributed by atoms with Gasteiger partial charge in [-0.05, 0) is 24.7 Å². The van der Waals surface area contributed by atoms with Crippen LogP contribution in [0.4, 0.5) is 16.0 Å². The standard InChI is InChI=1S/C20H20FN7O/c1-27-9-17(21)18(10-27)29-12-14-2-4-16(5-3-14)28-11-20(25-13-28)26-19-8-23-15(6-22)7-24-19/h2-5,7-8,11,13,17-18H,9-10,12H2,1H3,(H,24,26)/t17-,18-/m0/s1. The van der Waals surface area contributed by atoms with Crippen molar-refractivity contribution in [3.63, 3.8) is 0 Å². The minimum atomic E-state index is -0.933. The summed E-state index contributed by atoms with van der Waals surface area (Å²) in [6.45, 7) is 1.43. The van der Waals surface area contributed by atoms with Crippen LogP contribution < -0.4 is 5.32 Å². The molecule has 0 spiro atoms. The Kier molecular flexibility index (Phi) is 5.46. The lowest BCUT2D eigenvalue weighted by atomic mass is 10.2. The number of benzene rings is 1. The monoisotopic (exact) mass is 393 g/mol. The van der Waals surface area contributed by atoms with Gasteiger partial charge in [-0.3, -0.25) is 0 Å². The number of anilines is 2. The van der Waals surface area contributed by atoms with E-state index in [4.69, 9.17) is 10.00 Å². The normalized spacial score (nSPS) is 19.2. The third kappa shape index (κ3) is 4.56. The summed E-state index contributed by atoms with van der Waals surface area (Å²) in [5.41, 5.74) is 2.18. The molecular weight excluding hydrogens is 373 g/mol. The predicted octanol–water partition coefficient (Wildman–Crippen LogP) is 2.45. The van der Waals surface area contributed by atoms with Crippen LogP contribution in [0.25, 0.3) is 5.69 Å². The van der Waals surface area contributed by atoms with E-state index in [0.29, 0.717) is 31.3 Å². The van der Waals surface area contributed by atoms with Crippen molar-refractivity contribution in [2.75, 3.05) is 25.5 Å². The van der Waals surface area contributed by atoms with Gasteiger partial charge in [0.1, 0.15) is 36.3 Å². The van der Waals surface area contributed by atoms with Crippen molar-refractivity contribution < 1.29 is 9.13 Å². The second-order valence-electron chi connectivity index (χ2n) is 6.94. The number of likely N-dealkylation sites (tertiary alicyclic amines) is 1. The second kappa shape index (κ2) is 8.34. The Bertz CT molecular complexity index is 997. The van der Waals surface area contributed by atoms with Gasteiger partial charge in [0, 0.05) is 18.8 Å². The average molecular weight is 393 g/mol. The van der Waals surface area contributed by atoms with Crippen LogP contribution in [0.2, 0.25) is 0 Å². The first kappa shape index (κ1) is 19.0. The zero-order valence-corrected chi connectivity index (χ0v) is 15.9.